The molecular formula is C39H71O8P. The third-order valence-corrected chi connectivity index (χ3v) is 8.62. The van der Waals surface area contributed by atoms with Crippen LogP contribution >= 0.6 is 7.82 Å². The monoisotopic (exact) mass is 698 g/mol. The molecule has 0 aliphatic heterocycles. The fourth-order valence-electron chi connectivity index (χ4n) is 5.22. The molecule has 0 unspecified atom stereocenters. The minimum absolute atomic E-state index is 0.192. The van der Waals surface area contributed by atoms with Gasteiger partial charge in [0.2, 0.25) is 0 Å². The zero-order valence-electron chi connectivity index (χ0n) is 30.6. The highest BCUT2D eigenvalue weighted by Crippen LogP contribution is 2.36. The smallest absolute Gasteiger partial charge is 0.462 e. The number of rotatable bonds is 35. The molecule has 0 aromatic heterocycles. The molecule has 0 aromatic rings. The van der Waals surface area contributed by atoms with Crippen molar-refractivity contribution in [3.05, 3.63) is 36.5 Å². The van der Waals surface area contributed by atoms with Crippen LogP contribution in [0, 0.1) is 0 Å². The van der Waals surface area contributed by atoms with E-state index >= 15 is 0 Å². The average molecular weight is 699 g/mol. The highest BCUT2D eigenvalue weighted by molar-refractivity contribution is 7.46. The van der Waals surface area contributed by atoms with Crippen LogP contribution in [0.4, 0.5) is 0 Å². The molecule has 0 spiro atoms. The molecule has 0 aliphatic carbocycles. The zero-order chi connectivity index (χ0) is 35.4. The summed E-state index contributed by atoms with van der Waals surface area (Å²) in [6, 6.07) is 0. The molecule has 280 valence electrons. The van der Waals surface area contributed by atoms with Crippen molar-refractivity contribution in [2.45, 2.75) is 187 Å². The minimum Gasteiger partial charge on any atom is -0.462 e. The van der Waals surface area contributed by atoms with Crippen LogP contribution in [-0.2, 0) is 28.2 Å². The molecule has 0 aliphatic rings. The topological polar surface area (TPSA) is 119 Å². The van der Waals surface area contributed by atoms with Crippen molar-refractivity contribution in [2.24, 2.45) is 0 Å². The first-order valence-electron chi connectivity index (χ1n) is 19.3. The summed E-state index contributed by atoms with van der Waals surface area (Å²) in [5.74, 6) is -0.926. The Morgan fingerprint density at radius 3 is 1.48 bits per heavy atom. The summed E-state index contributed by atoms with van der Waals surface area (Å²) in [6.45, 7) is 3.62. The normalized spacial score (nSPS) is 12.8. The second-order valence-corrected chi connectivity index (χ2v) is 14.1. The quantitative estimate of drug-likeness (QED) is 0.0290. The summed E-state index contributed by atoms with van der Waals surface area (Å²) in [5, 5.41) is 0. The molecular weight excluding hydrogens is 627 g/mol. The number of phosphoric acid groups is 1. The third kappa shape index (κ3) is 37.1. The van der Waals surface area contributed by atoms with Crippen molar-refractivity contribution in [2.75, 3.05) is 13.2 Å². The predicted octanol–water partition coefficient (Wildman–Crippen LogP) is 11.4. The summed E-state index contributed by atoms with van der Waals surface area (Å²) in [6.07, 6.45) is 40.1. The lowest BCUT2D eigenvalue weighted by molar-refractivity contribution is -0.161. The second kappa shape index (κ2) is 35.1. The van der Waals surface area contributed by atoms with Gasteiger partial charge in [-0.1, -0.05) is 134 Å². The van der Waals surface area contributed by atoms with E-state index in [0.717, 1.165) is 57.8 Å². The van der Waals surface area contributed by atoms with Crippen molar-refractivity contribution in [3.8, 4) is 0 Å². The number of esters is 2. The second-order valence-electron chi connectivity index (χ2n) is 12.9. The number of hydrogen-bond donors (Lipinski definition) is 2. The van der Waals surface area contributed by atoms with E-state index in [9.17, 15) is 14.2 Å². The Kier molecular flexibility index (Phi) is 33.8. The number of allylic oxidation sites excluding steroid dienone is 6. The van der Waals surface area contributed by atoms with Crippen molar-refractivity contribution < 1.29 is 37.9 Å². The lowest BCUT2D eigenvalue weighted by Crippen LogP contribution is -2.29. The van der Waals surface area contributed by atoms with Crippen LogP contribution in [0.1, 0.15) is 181 Å². The number of unbranched alkanes of at least 4 members (excludes halogenated alkanes) is 19. The maximum absolute atomic E-state index is 12.4. The largest absolute Gasteiger partial charge is 0.469 e. The van der Waals surface area contributed by atoms with Gasteiger partial charge >= 0.3 is 19.8 Å². The van der Waals surface area contributed by atoms with Gasteiger partial charge in [0.15, 0.2) is 6.10 Å². The molecule has 0 bridgehead atoms. The molecule has 0 aromatic carbocycles. The van der Waals surface area contributed by atoms with E-state index in [1.165, 1.54) is 83.5 Å². The maximum atomic E-state index is 12.4. The number of ether oxygens (including phenoxy) is 2. The summed E-state index contributed by atoms with van der Waals surface area (Å²) in [7, 11) is -4.76. The summed E-state index contributed by atoms with van der Waals surface area (Å²) >= 11 is 0. The van der Waals surface area contributed by atoms with E-state index in [1.54, 1.807) is 0 Å². The SMILES string of the molecule is CCCCC/C=C/C/C=C/CCCCCCCC(=O)O[C@H](COC(=O)CCCC/C=C/CCCCCCCCCCC)COP(=O)(O)O. The Bertz CT molecular complexity index is 879. The lowest BCUT2D eigenvalue weighted by atomic mass is 10.1. The molecule has 2 N–H and O–H groups in total. The molecule has 9 heteroatoms. The Morgan fingerprint density at radius 2 is 0.938 bits per heavy atom. The van der Waals surface area contributed by atoms with Crippen LogP contribution in [0.25, 0.3) is 0 Å². The Morgan fingerprint density at radius 1 is 0.542 bits per heavy atom. The molecule has 0 saturated heterocycles. The van der Waals surface area contributed by atoms with E-state index in [4.69, 9.17) is 19.3 Å². The standard InChI is InChI=1S/C39H71O8P/c1-3-5-7-9-11-13-15-17-19-21-23-25-27-29-31-33-38(40)45-35-37(36-46-48(42,43)44)47-39(41)34-32-30-28-26-24-22-20-18-16-14-12-10-8-6-4-2/h12,14,18,20,23,25,37H,3-11,13,15-17,19,21-22,24,26-36H2,1-2H3,(H2,42,43,44)/b14-12+,20-18+,25-23+/t37-/m1/s1. The van der Waals surface area contributed by atoms with Gasteiger partial charge in [-0.3, -0.25) is 14.1 Å². The third-order valence-electron chi connectivity index (χ3n) is 8.13. The molecule has 0 saturated carbocycles. The van der Waals surface area contributed by atoms with E-state index in [-0.39, 0.29) is 19.4 Å². The molecule has 1 atom stereocenters. The van der Waals surface area contributed by atoms with Gasteiger partial charge < -0.3 is 19.3 Å². The fourth-order valence-corrected chi connectivity index (χ4v) is 5.58. The highest BCUT2D eigenvalue weighted by atomic mass is 31.2. The van der Waals surface area contributed by atoms with Gasteiger partial charge in [-0.05, 0) is 70.6 Å². The van der Waals surface area contributed by atoms with Gasteiger partial charge in [0.05, 0.1) is 6.61 Å². The number of hydrogen-bond acceptors (Lipinski definition) is 6. The van der Waals surface area contributed by atoms with Crippen LogP contribution in [0.15, 0.2) is 36.5 Å². The van der Waals surface area contributed by atoms with Gasteiger partial charge in [-0.2, -0.15) is 0 Å². The highest BCUT2D eigenvalue weighted by Gasteiger charge is 2.22. The van der Waals surface area contributed by atoms with E-state index in [0.29, 0.717) is 12.8 Å². The summed E-state index contributed by atoms with van der Waals surface area (Å²) in [4.78, 5) is 42.7. The van der Waals surface area contributed by atoms with Gasteiger partial charge in [0.25, 0.3) is 0 Å². The lowest BCUT2D eigenvalue weighted by Gasteiger charge is -2.18. The molecule has 0 amide bonds. The van der Waals surface area contributed by atoms with E-state index in [1.807, 2.05) is 0 Å². The van der Waals surface area contributed by atoms with E-state index in [2.05, 4.69) is 54.8 Å². The van der Waals surface area contributed by atoms with Crippen molar-refractivity contribution in [1.29, 1.82) is 0 Å². The molecule has 0 radical (unpaired) electrons. The Balaban J connectivity index is 4.01. The number of phosphoric ester groups is 1. The fraction of sp³-hybridized carbons (Fsp3) is 0.795. The van der Waals surface area contributed by atoms with Gasteiger partial charge in [-0.25, -0.2) is 4.57 Å². The van der Waals surface area contributed by atoms with Crippen molar-refractivity contribution >= 4 is 19.8 Å². The van der Waals surface area contributed by atoms with Gasteiger partial charge in [0, 0.05) is 12.8 Å². The Labute approximate surface area is 293 Å². The van der Waals surface area contributed by atoms with E-state index < -0.39 is 32.5 Å². The molecule has 0 heterocycles. The molecule has 0 fully saturated rings. The summed E-state index contributed by atoms with van der Waals surface area (Å²) in [5.41, 5.74) is 0. The summed E-state index contributed by atoms with van der Waals surface area (Å²) < 4.78 is 26.3. The first-order chi connectivity index (χ1) is 23.3. The molecule has 48 heavy (non-hydrogen) atoms. The van der Waals surface area contributed by atoms with Crippen LogP contribution in [0.5, 0.6) is 0 Å². The van der Waals surface area contributed by atoms with Crippen LogP contribution < -0.4 is 0 Å². The van der Waals surface area contributed by atoms with Crippen LogP contribution in [0.2, 0.25) is 0 Å². The molecule has 0 rings (SSSR count). The van der Waals surface area contributed by atoms with Gasteiger partial charge in [0.1, 0.15) is 6.61 Å². The van der Waals surface area contributed by atoms with Gasteiger partial charge in [-0.15, -0.1) is 0 Å². The van der Waals surface area contributed by atoms with Crippen molar-refractivity contribution in [3.63, 3.8) is 0 Å². The maximum Gasteiger partial charge on any atom is 0.469 e. The van der Waals surface area contributed by atoms with Crippen molar-refractivity contribution in [1.82, 2.24) is 0 Å². The average Bonchev–Trinajstić information content (AvgIpc) is 3.05. The minimum atomic E-state index is -4.76. The number of carbonyl (C=O) groups is 2. The zero-order valence-corrected chi connectivity index (χ0v) is 31.5. The first kappa shape index (κ1) is 46.3. The number of carbonyl (C=O) groups excluding carboxylic acids is 2. The first-order valence-corrected chi connectivity index (χ1v) is 20.8. The van der Waals surface area contributed by atoms with Crippen LogP contribution in [-0.4, -0.2) is 41.0 Å². The molecule has 8 nitrogen and oxygen atoms in total. The Hall–Kier alpha value is -1.73. The van der Waals surface area contributed by atoms with Crippen LogP contribution in [0.3, 0.4) is 0 Å². The predicted molar refractivity (Wildman–Crippen MR) is 198 cm³/mol.